The van der Waals surface area contributed by atoms with E-state index in [4.69, 9.17) is 12.2 Å². The number of nitrogens with one attached hydrogen (secondary N) is 2. The molecular formula is C13H19FN2S. The zero-order valence-corrected chi connectivity index (χ0v) is 11.3. The normalized spacial score (nSPS) is 12.0. The SMILES string of the molecule is CCC[C@H](C)NC(=S)Nc1ccc(C)c(F)c1. The molecule has 4 heteroatoms. The Morgan fingerprint density at radius 1 is 1.47 bits per heavy atom. The van der Waals surface area contributed by atoms with Gasteiger partial charge in [-0.05, 0) is 50.2 Å². The molecular weight excluding hydrogens is 235 g/mol. The van der Waals surface area contributed by atoms with Crippen molar-refractivity contribution in [3.8, 4) is 0 Å². The Bertz CT molecular complexity index is 393. The number of thiocarbonyl (C=S) groups is 1. The maximum absolute atomic E-state index is 13.3. The van der Waals surface area contributed by atoms with Crippen molar-refractivity contribution in [2.45, 2.75) is 39.7 Å². The lowest BCUT2D eigenvalue weighted by atomic mass is 10.2. The fraction of sp³-hybridized carbons (Fsp3) is 0.462. The first kappa shape index (κ1) is 13.9. The van der Waals surface area contributed by atoms with Gasteiger partial charge in [-0.25, -0.2) is 4.39 Å². The molecule has 0 amide bonds. The molecule has 1 aromatic rings. The van der Waals surface area contributed by atoms with Crippen molar-refractivity contribution in [3.05, 3.63) is 29.6 Å². The molecule has 0 aliphatic rings. The summed E-state index contributed by atoms with van der Waals surface area (Å²) in [6, 6.07) is 5.33. The highest BCUT2D eigenvalue weighted by Gasteiger charge is 2.04. The minimum absolute atomic E-state index is 0.223. The van der Waals surface area contributed by atoms with Crippen LogP contribution in [0.25, 0.3) is 0 Å². The lowest BCUT2D eigenvalue weighted by Gasteiger charge is -2.16. The summed E-state index contributed by atoms with van der Waals surface area (Å²) >= 11 is 5.16. The maximum atomic E-state index is 13.3. The summed E-state index contributed by atoms with van der Waals surface area (Å²) in [6.07, 6.45) is 2.17. The van der Waals surface area contributed by atoms with Gasteiger partial charge in [-0.2, -0.15) is 0 Å². The van der Waals surface area contributed by atoms with Gasteiger partial charge in [0.2, 0.25) is 0 Å². The van der Waals surface area contributed by atoms with E-state index < -0.39 is 0 Å². The van der Waals surface area contributed by atoms with E-state index in [0.29, 0.717) is 22.4 Å². The van der Waals surface area contributed by atoms with Crippen molar-refractivity contribution in [2.75, 3.05) is 5.32 Å². The number of hydrogen-bond donors (Lipinski definition) is 2. The second kappa shape index (κ2) is 6.55. The van der Waals surface area contributed by atoms with Crippen LogP contribution in [0.2, 0.25) is 0 Å². The molecule has 0 aromatic heterocycles. The van der Waals surface area contributed by atoms with Crippen LogP contribution in [0.1, 0.15) is 32.3 Å². The molecule has 0 saturated heterocycles. The molecule has 94 valence electrons. The van der Waals surface area contributed by atoms with Crippen LogP contribution in [-0.4, -0.2) is 11.2 Å². The summed E-state index contributed by atoms with van der Waals surface area (Å²) in [5.74, 6) is -0.223. The highest BCUT2D eigenvalue weighted by molar-refractivity contribution is 7.80. The van der Waals surface area contributed by atoms with E-state index in [1.165, 1.54) is 6.07 Å². The largest absolute Gasteiger partial charge is 0.360 e. The highest BCUT2D eigenvalue weighted by atomic mass is 32.1. The van der Waals surface area contributed by atoms with Crippen molar-refractivity contribution in [3.63, 3.8) is 0 Å². The summed E-state index contributed by atoms with van der Waals surface area (Å²) in [6.45, 7) is 5.94. The Morgan fingerprint density at radius 3 is 2.76 bits per heavy atom. The standard InChI is InChI=1S/C13H19FN2S/c1-4-5-10(3)15-13(17)16-11-7-6-9(2)12(14)8-11/h6-8,10H,4-5H2,1-3H3,(H2,15,16,17)/t10-/m0/s1. The topological polar surface area (TPSA) is 24.1 Å². The molecule has 1 aromatic carbocycles. The molecule has 0 heterocycles. The minimum Gasteiger partial charge on any atom is -0.360 e. The summed E-state index contributed by atoms with van der Waals surface area (Å²) in [5.41, 5.74) is 1.31. The molecule has 1 atom stereocenters. The van der Waals surface area contributed by atoms with Crippen molar-refractivity contribution < 1.29 is 4.39 Å². The van der Waals surface area contributed by atoms with Gasteiger partial charge in [-0.1, -0.05) is 19.4 Å². The van der Waals surface area contributed by atoms with Crippen molar-refractivity contribution >= 4 is 23.0 Å². The predicted octanol–water partition coefficient (Wildman–Crippen LogP) is 3.61. The minimum atomic E-state index is -0.223. The van der Waals surface area contributed by atoms with Crippen LogP contribution < -0.4 is 10.6 Å². The first-order valence-corrected chi connectivity index (χ1v) is 6.27. The Kier molecular flexibility index (Phi) is 5.35. The number of rotatable bonds is 4. The molecule has 0 aliphatic heterocycles. The van der Waals surface area contributed by atoms with Gasteiger partial charge in [0.1, 0.15) is 5.82 Å². The lowest BCUT2D eigenvalue weighted by Crippen LogP contribution is -2.35. The fourth-order valence-corrected chi connectivity index (χ4v) is 1.89. The molecule has 0 aliphatic carbocycles. The monoisotopic (exact) mass is 254 g/mol. The maximum Gasteiger partial charge on any atom is 0.170 e. The fourth-order valence-electron chi connectivity index (χ4n) is 1.57. The van der Waals surface area contributed by atoms with Gasteiger partial charge in [0.05, 0.1) is 0 Å². The van der Waals surface area contributed by atoms with Gasteiger partial charge in [0, 0.05) is 11.7 Å². The third-order valence-corrected chi connectivity index (χ3v) is 2.75. The van der Waals surface area contributed by atoms with Crippen LogP contribution in [0.3, 0.4) is 0 Å². The van der Waals surface area contributed by atoms with Crippen LogP contribution in [0.4, 0.5) is 10.1 Å². The number of anilines is 1. The summed E-state index contributed by atoms with van der Waals surface area (Å²) in [5, 5.41) is 6.68. The molecule has 0 fully saturated rings. The number of hydrogen-bond acceptors (Lipinski definition) is 1. The molecule has 1 rings (SSSR count). The smallest absolute Gasteiger partial charge is 0.170 e. The molecule has 17 heavy (non-hydrogen) atoms. The van der Waals surface area contributed by atoms with Gasteiger partial charge in [0.15, 0.2) is 5.11 Å². The first-order chi connectivity index (χ1) is 8.02. The average Bonchev–Trinajstić information content (AvgIpc) is 2.23. The number of halogens is 1. The van der Waals surface area contributed by atoms with E-state index in [2.05, 4.69) is 24.5 Å². The van der Waals surface area contributed by atoms with Crippen LogP contribution in [0.15, 0.2) is 18.2 Å². The lowest BCUT2D eigenvalue weighted by molar-refractivity contribution is 0.599. The third kappa shape index (κ3) is 4.69. The van der Waals surface area contributed by atoms with Crippen LogP contribution >= 0.6 is 12.2 Å². The Hall–Kier alpha value is -1.16. The quantitative estimate of drug-likeness (QED) is 0.803. The van der Waals surface area contributed by atoms with Gasteiger partial charge >= 0.3 is 0 Å². The second-order valence-corrected chi connectivity index (χ2v) is 4.66. The Balaban J connectivity index is 2.53. The van der Waals surface area contributed by atoms with Gasteiger partial charge in [-0.3, -0.25) is 0 Å². The second-order valence-electron chi connectivity index (χ2n) is 4.25. The predicted molar refractivity (Wildman–Crippen MR) is 74.9 cm³/mol. The molecule has 0 radical (unpaired) electrons. The van der Waals surface area contributed by atoms with E-state index >= 15 is 0 Å². The van der Waals surface area contributed by atoms with Gasteiger partial charge in [-0.15, -0.1) is 0 Å². The Morgan fingerprint density at radius 2 is 2.18 bits per heavy atom. The van der Waals surface area contributed by atoms with Gasteiger partial charge in [0.25, 0.3) is 0 Å². The third-order valence-electron chi connectivity index (χ3n) is 2.53. The summed E-state index contributed by atoms with van der Waals surface area (Å²) < 4.78 is 13.3. The average molecular weight is 254 g/mol. The van der Waals surface area contributed by atoms with Gasteiger partial charge < -0.3 is 10.6 Å². The number of aryl methyl sites for hydroxylation is 1. The summed E-state index contributed by atoms with van der Waals surface area (Å²) in [7, 11) is 0. The zero-order valence-electron chi connectivity index (χ0n) is 10.5. The van der Waals surface area contributed by atoms with Crippen LogP contribution in [-0.2, 0) is 0 Å². The van der Waals surface area contributed by atoms with E-state index in [9.17, 15) is 4.39 Å². The first-order valence-electron chi connectivity index (χ1n) is 5.86. The van der Waals surface area contributed by atoms with Crippen LogP contribution in [0, 0.1) is 12.7 Å². The van der Waals surface area contributed by atoms with Crippen molar-refractivity contribution in [2.24, 2.45) is 0 Å². The highest BCUT2D eigenvalue weighted by Crippen LogP contribution is 2.13. The summed E-state index contributed by atoms with van der Waals surface area (Å²) in [4.78, 5) is 0. The van der Waals surface area contributed by atoms with Crippen molar-refractivity contribution in [1.82, 2.24) is 5.32 Å². The molecule has 0 bridgehead atoms. The zero-order chi connectivity index (χ0) is 12.8. The van der Waals surface area contributed by atoms with E-state index in [-0.39, 0.29) is 5.82 Å². The Labute approximate surface area is 108 Å². The molecule has 0 saturated carbocycles. The van der Waals surface area contributed by atoms with E-state index in [1.54, 1.807) is 13.0 Å². The van der Waals surface area contributed by atoms with Crippen LogP contribution in [0.5, 0.6) is 0 Å². The molecule has 2 nitrogen and oxygen atoms in total. The van der Waals surface area contributed by atoms with Crippen molar-refractivity contribution in [1.29, 1.82) is 0 Å². The number of benzene rings is 1. The molecule has 2 N–H and O–H groups in total. The van der Waals surface area contributed by atoms with E-state index in [1.807, 2.05) is 6.07 Å². The molecule has 0 unspecified atom stereocenters. The molecule has 0 spiro atoms. The van der Waals surface area contributed by atoms with E-state index in [0.717, 1.165) is 12.8 Å².